The first-order valence-corrected chi connectivity index (χ1v) is 6.91. The van der Waals surface area contributed by atoms with Gasteiger partial charge in [0.2, 0.25) is 0 Å². The van der Waals surface area contributed by atoms with Gasteiger partial charge in [-0.1, -0.05) is 90.9 Å². The largest absolute Gasteiger partial charge is 0.0654 e. The van der Waals surface area contributed by atoms with Crippen molar-refractivity contribution in [3.63, 3.8) is 0 Å². The minimum absolute atomic E-state index is 1.32. The molecule has 0 heterocycles. The van der Waals surface area contributed by atoms with E-state index in [0.29, 0.717) is 0 Å². The summed E-state index contributed by atoms with van der Waals surface area (Å²) in [4.78, 5) is 0. The third-order valence-electron chi connectivity index (χ3n) is 3.00. The van der Waals surface area contributed by atoms with E-state index in [1.807, 2.05) is 0 Å². The van der Waals surface area contributed by atoms with Crippen LogP contribution < -0.4 is 0 Å². The van der Waals surface area contributed by atoms with Crippen LogP contribution in [-0.2, 0) is 0 Å². The predicted octanol–water partition coefficient (Wildman–Crippen LogP) is 5.71. The number of hydrogen-bond donors (Lipinski definition) is 0. The second-order valence-corrected chi connectivity index (χ2v) is 4.54. The average Bonchev–Trinajstić information content (AvgIpc) is 2.94. The van der Waals surface area contributed by atoms with E-state index in [-0.39, 0.29) is 0 Å². The van der Waals surface area contributed by atoms with Crippen molar-refractivity contribution in [2.75, 3.05) is 0 Å². The van der Waals surface area contributed by atoms with E-state index < -0.39 is 0 Å². The summed E-state index contributed by atoms with van der Waals surface area (Å²) in [6.07, 6.45) is 17.6. The average molecular weight is 198 g/mol. The van der Waals surface area contributed by atoms with Gasteiger partial charge in [-0.05, 0) is 0 Å². The molecule has 0 aromatic carbocycles. The van der Waals surface area contributed by atoms with Gasteiger partial charge in [-0.3, -0.25) is 0 Å². The Hall–Kier alpha value is 0. The van der Waals surface area contributed by atoms with Gasteiger partial charge in [0.15, 0.2) is 0 Å². The first-order chi connectivity index (χ1) is 6.91. The minimum atomic E-state index is 1.32. The topological polar surface area (TPSA) is 0 Å². The molecule has 0 spiro atoms. The molecule has 0 aliphatic heterocycles. The highest BCUT2D eigenvalue weighted by molar-refractivity contribution is 4.51. The normalized spacial score (nSPS) is 19.3. The van der Waals surface area contributed by atoms with Crippen LogP contribution >= 0.6 is 0 Å². The summed E-state index contributed by atoms with van der Waals surface area (Å²) in [5, 5.41) is 0. The first kappa shape index (κ1) is 14.0. The maximum atomic E-state index is 2.18. The Morgan fingerprint density at radius 2 is 0.571 bits per heavy atom. The summed E-state index contributed by atoms with van der Waals surface area (Å²) in [5.74, 6) is 0. The van der Waals surface area contributed by atoms with Crippen LogP contribution in [0.2, 0.25) is 0 Å². The molecule has 2 saturated carbocycles. The Morgan fingerprint density at radius 3 is 0.643 bits per heavy atom. The summed E-state index contributed by atoms with van der Waals surface area (Å²) >= 11 is 0. The van der Waals surface area contributed by atoms with Crippen molar-refractivity contribution < 1.29 is 0 Å². The summed E-state index contributed by atoms with van der Waals surface area (Å²) in [6, 6.07) is 0. The molecule has 0 aromatic heterocycles. The number of hydrogen-bond acceptors (Lipinski definition) is 0. The summed E-state index contributed by atoms with van der Waals surface area (Å²) < 4.78 is 0. The minimum Gasteiger partial charge on any atom is -0.0654 e. The molecule has 14 heavy (non-hydrogen) atoms. The fourth-order valence-electron chi connectivity index (χ4n) is 1.77. The predicted molar refractivity (Wildman–Crippen MR) is 66.8 cm³/mol. The molecule has 0 atom stereocenters. The van der Waals surface area contributed by atoms with E-state index >= 15 is 0 Å². The van der Waals surface area contributed by atoms with Crippen LogP contribution in [0.3, 0.4) is 0 Å². The standard InChI is InChI=1S/2C5H10.C4H10/c2*1-2-4-5-3-1;1-3-4-2/h2*1-5H2;3-4H2,1-2H3. The van der Waals surface area contributed by atoms with Crippen LogP contribution in [0.1, 0.15) is 90.9 Å². The third-order valence-corrected chi connectivity index (χ3v) is 3.00. The van der Waals surface area contributed by atoms with E-state index in [9.17, 15) is 0 Å². The molecular weight excluding hydrogens is 168 g/mol. The van der Waals surface area contributed by atoms with Crippen LogP contribution in [0.15, 0.2) is 0 Å². The zero-order valence-electron chi connectivity index (χ0n) is 10.5. The van der Waals surface area contributed by atoms with Crippen LogP contribution in [-0.4, -0.2) is 0 Å². The molecule has 0 heteroatoms. The lowest BCUT2D eigenvalue weighted by Crippen LogP contribution is -1.47. The lowest BCUT2D eigenvalue weighted by molar-refractivity contribution is 0.886. The first-order valence-electron chi connectivity index (χ1n) is 6.91. The van der Waals surface area contributed by atoms with E-state index in [2.05, 4.69) is 13.8 Å². The van der Waals surface area contributed by atoms with Crippen molar-refractivity contribution in [2.24, 2.45) is 0 Å². The third kappa shape index (κ3) is 12.0. The zero-order valence-corrected chi connectivity index (χ0v) is 10.5. The van der Waals surface area contributed by atoms with Gasteiger partial charge < -0.3 is 0 Å². The van der Waals surface area contributed by atoms with Crippen molar-refractivity contribution in [3.05, 3.63) is 0 Å². The Labute approximate surface area is 91.5 Å². The molecule has 2 fully saturated rings. The summed E-state index contributed by atoms with van der Waals surface area (Å²) in [6.45, 7) is 4.36. The second kappa shape index (κ2) is 13.0. The van der Waals surface area contributed by atoms with Crippen LogP contribution in [0, 0.1) is 0 Å². The van der Waals surface area contributed by atoms with Gasteiger partial charge >= 0.3 is 0 Å². The highest BCUT2D eigenvalue weighted by Crippen LogP contribution is 2.15. The Morgan fingerprint density at radius 1 is 0.429 bits per heavy atom. The van der Waals surface area contributed by atoms with E-state index in [0.717, 1.165) is 0 Å². The van der Waals surface area contributed by atoms with Crippen molar-refractivity contribution >= 4 is 0 Å². The fraction of sp³-hybridized carbons (Fsp3) is 1.00. The van der Waals surface area contributed by atoms with E-state index in [1.54, 1.807) is 0 Å². The van der Waals surface area contributed by atoms with Gasteiger partial charge in [-0.15, -0.1) is 0 Å². The molecule has 0 saturated heterocycles. The molecule has 0 nitrogen and oxygen atoms in total. The quantitative estimate of drug-likeness (QED) is 0.506. The molecule has 2 rings (SSSR count). The van der Waals surface area contributed by atoms with Gasteiger partial charge in [0, 0.05) is 0 Å². The summed E-state index contributed by atoms with van der Waals surface area (Å²) in [5.41, 5.74) is 0. The van der Waals surface area contributed by atoms with E-state index in [1.165, 1.54) is 77.0 Å². The molecule has 0 unspecified atom stereocenters. The maximum Gasteiger partial charge on any atom is -0.0533 e. The van der Waals surface area contributed by atoms with Crippen LogP contribution in [0.25, 0.3) is 0 Å². The Kier molecular flexibility index (Phi) is 13.0. The van der Waals surface area contributed by atoms with Gasteiger partial charge in [-0.25, -0.2) is 0 Å². The van der Waals surface area contributed by atoms with Crippen LogP contribution in [0.4, 0.5) is 0 Å². The molecule has 0 aromatic rings. The lowest BCUT2D eigenvalue weighted by Gasteiger charge is -1.68. The highest BCUT2D eigenvalue weighted by Gasteiger charge is 1.95. The van der Waals surface area contributed by atoms with Gasteiger partial charge in [0.1, 0.15) is 0 Å². The van der Waals surface area contributed by atoms with Crippen molar-refractivity contribution in [2.45, 2.75) is 90.9 Å². The lowest BCUT2D eigenvalue weighted by atomic mass is 10.4. The number of rotatable bonds is 1. The Balaban J connectivity index is 0.000000183. The second-order valence-electron chi connectivity index (χ2n) is 4.54. The maximum absolute atomic E-state index is 2.18. The molecule has 0 radical (unpaired) electrons. The van der Waals surface area contributed by atoms with Crippen LogP contribution in [0.5, 0.6) is 0 Å². The molecule has 0 amide bonds. The molecular formula is C14H30. The molecule has 86 valence electrons. The molecule has 0 N–H and O–H groups in total. The SMILES string of the molecule is C1CCCC1.C1CCCC1.CCCC. The molecule has 2 aliphatic carbocycles. The smallest absolute Gasteiger partial charge is 0.0533 e. The van der Waals surface area contributed by atoms with Crippen molar-refractivity contribution in [3.8, 4) is 0 Å². The van der Waals surface area contributed by atoms with Crippen molar-refractivity contribution in [1.29, 1.82) is 0 Å². The monoisotopic (exact) mass is 198 g/mol. The number of unbranched alkanes of at least 4 members (excludes halogenated alkanes) is 1. The van der Waals surface area contributed by atoms with Gasteiger partial charge in [-0.2, -0.15) is 0 Å². The molecule has 0 bridgehead atoms. The van der Waals surface area contributed by atoms with Gasteiger partial charge in [0.05, 0.1) is 0 Å². The highest BCUT2D eigenvalue weighted by atomic mass is 14.0. The summed E-state index contributed by atoms with van der Waals surface area (Å²) in [7, 11) is 0. The zero-order chi connectivity index (χ0) is 10.5. The van der Waals surface area contributed by atoms with E-state index in [4.69, 9.17) is 0 Å². The fourth-order valence-corrected chi connectivity index (χ4v) is 1.77. The van der Waals surface area contributed by atoms with Crippen molar-refractivity contribution in [1.82, 2.24) is 0 Å². The van der Waals surface area contributed by atoms with Gasteiger partial charge in [0.25, 0.3) is 0 Å². The molecule has 2 aliphatic rings. The Bertz CT molecular complexity index is 50.8.